The molecule has 0 bridgehead atoms. The summed E-state index contributed by atoms with van der Waals surface area (Å²) in [5, 5.41) is 10.9. The molecule has 0 amide bonds. The van der Waals surface area contributed by atoms with Crippen LogP contribution in [0.5, 0.6) is 5.75 Å². The van der Waals surface area contributed by atoms with Crippen LogP contribution in [0, 0.1) is 13.8 Å². The molecule has 1 aromatic carbocycles. The SMILES string of the molecule is Cc1cc(Cl)c(C)c(O)c1C1(C(C)N)CC1. The lowest BCUT2D eigenvalue weighted by molar-refractivity contribution is 0.441. The third kappa shape index (κ3) is 1.52. The number of aromatic hydroxyl groups is 1. The molecule has 88 valence electrons. The van der Waals surface area contributed by atoms with E-state index >= 15 is 0 Å². The molecule has 1 aliphatic carbocycles. The first-order valence-electron chi connectivity index (χ1n) is 5.65. The Balaban J connectivity index is 2.62. The van der Waals surface area contributed by atoms with Crippen LogP contribution in [0.1, 0.15) is 36.5 Å². The third-order valence-corrected chi connectivity index (χ3v) is 4.24. The Morgan fingerprint density at radius 2 is 2.00 bits per heavy atom. The Morgan fingerprint density at radius 1 is 1.44 bits per heavy atom. The monoisotopic (exact) mass is 239 g/mol. The fraction of sp³-hybridized carbons (Fsp3) is 0.538. The second kappa shape index (κ2) is 3.64. The first-order valence-corrected chi connectivity index (χ1v) is 6.02. The number of hydrogen-bond acceptors (Lipinski definition) is 2. The van der Waals surface area contributed by atoms with Gasteiger partial charge >= 0.3 is 0 Å². The molecular formula is C13H18ClNO. The van der Waals surface area contributed by atoms with Crippen molar-refractivity contribution >= 4 is 11.6 Å². The van der Waals surface area contributed by atoms with E-state index in [2.05, 4.69) is 0 Å². The highest BCUT2D eigenvalue weighted by atomic mass is 35.5. The van der Waals surface area contributed by atoms with Crippen molar-refractivity contribution in [3.63, 3.8) is 0 Å². The minimum atomic E-state index is -0.0243. The van der Waals surface area contributed by atoms with Crippen molar-refractivity contribution in [2.24, 2.45) is 5.73 Å². The minimum absolute atomic E-state index is 0.0243. The third-order valence-electron chi connectivity index (χ3n) is 3.85. The average molecular weight is 240 g/mol. The molecule has 3 heteroatoms. The first kappa shape index (κ1) is 11.7. The van der Waals surface area contributed by atoms with Crippen LogP contribution in [0.4, 0.5) is 0 Å². The van der Waals surface area contributed by atoms with Gasteiger partial charge in [-0.3, -0.25) is 0 Å². The minimum Gasteiger partial charge on any atom is -0.507 e. The average Bonchev–Trinajstić information content (AvgIpc) is 2.96. The van der Waals surface area contributed by atoms with Gasteiger partial charge in [-0.25, -0.2) is 0 Å². The van der Waals surface area contributed by atoms with E-state index in [0.717, 1.165) is 29.5 Å². The maximum Gasteiger partial charge on any atom is 0.124 e. The van der Waals surface area contributed by atoms with Gasteiger partial charge in [0.05, 0.1) is 0 Å². The highest BCUT2D eigenvalue weighted by molar-refractivity contribution is 6.31. The van der Waals surface area contributed by atoms with Gasteiger partial charge in [0.2, 0.25) is 0 Å². The summed E-state index contributed by atoms with van der Waals surface area (Å²) < 4.78 is 0. The van der Waals surface area contributed by atoms with Crippen LogP contribution in [0.25, 0.3) is 0 Å². The molecule has 0 radical (unpaired) electrons. The molecule has 1 atom stereocenters. The van der Waals surface area contributed by atoms with Crippen molar-refractivity contribution in [1.29, 1.82) is 0 Å². The molecular weight excluding hydrogens is 222 g/mol. The van der Waals surface area contributed by atoms with Gasteiger partial charge in [0.25, 0.3) is 0 Å². The van der Waals surface area contributed by atoms with Crippen molar-refractivity contribution < 1.29 is 5.11 Å². The Morgan fingerprint density at radius 3 is 2.44 bits per heavy atom. The Hall–Kier alpha value is -0.730. The van der Waals surface area contributed by atoms with Gasteiger partial charge in [-0.15, -0.1) is 0 Å². The number of aryl methyl sites for hydroxylation is 1. The van der Waals surface area contributed by atoms with Crippen molar-refractivity contribution in [1.82, 2.24) is 0 Å². The molecule has 0 saturated heterocycles. The summed E-state index contributed by atoms with van der Waals surface area (Å²) in [5.74, 6) is 0.333. The second-order valence-electron chi connectivity index (χ2n) is 4.97. The van der Waals surface area contributed by atoms with Crippen LogP contribution in [-0.2, 0) is 5.41 Å². The van der Waals surface area contributed by atoms with E-state index in [9.17, 15) is 5.11 Å². The predicted octanol–water partition coefficient (Wildman–Crippen LogP) is 3.04. The summed E-state index contributed by atoms with van der Waals surface area (Å²) in [7, 11) is 0. The molecule has 0 aliphatic heterocycles. The van der Waals surface area contributed by atoms with E-state index in [1.54, 1.807) is 0 Å². The van der Waals surface area contributed by atoms with Crippen LogP contribution in [-0.4, -0.2) is 11.1 Å². The summed E-state index contributed by atoms with van der Waals surface area (Å²) in [5.41, 5.74) is 8.83. The molecule has 0 heterocycles. The van der Waals surface area contributed by atoms with Gasteiger partial charge in [0.1, 0.15) is 5.75 Å². The van der Waals surface area contributed by atoms with Gasteiger partial charge in [0.15, 0.2) is 0 Å². The molecule has 2 nitrogen and oxygen atoms in total. The summed E-state index contributed by atoms with van der Waals surface area (Å²) in [4.78, 5) is 0. The number of halogens is 1. The fourth-order valence-electron chi connectivity index (χ4n) is 2.55. The van der Waals surface area contributed by atoms with Crippen LogP contribution in [0.3, 0.4) is 0 Å². The summed E-state index contributed by atoms with van der Waals surface area (Å²) in [6.45, 7) is 5.84. The van der Waals surface area contributed by atoms with Gasteiger partial charge in [-0.05, 0) is 45.2 Å². The molecule has 0 spiro atoms. The van der Waals surface area contributed by atoms with E-state index in [-0.39, 0.29) is 11.5 Å². The van der Waals surface area contributed by atoms with Crippen molar-refractivity contribution in [3.05, 3.63) is 27.8 Å². The lowest BCUT2D eigenvalue weighted by Crippen LogP contribution is -2.32. The number of rotatable bonds is 2. The summed E-state index contributed by atoms with van der Waals surface area (Å²) in [6.07, 6.45) is 2.11. The van der Waals surface area contributed by atoms with Gasteiger partial charge < -0.3 is 10.8 Å². The zero-order valence-electron chi connectivity index (χ0n) is 9.97. The molecule has 0 aromatic heterocycles. The first-order chi connectivity index (χ1) is 7.40. The quantitative estimate of drug-likeness (QED) is 0.833. The van der Waals surface area contributed by atoms with Gasteiger partial charge in [-0.2, -0.15) is 0 Å². The molecule has 16 heavy (non-hydrogen) atoms. The lowest BCUT2D eigenvalue weighted by Gasteiger charge is -2.24. The van der Waals surface area contributed by atoms with E-state index in [1.165, 1.54) is 0 Å². The number of hydrogen-bond donors (Lipinski definition) is 2. The molecule has 1 unspecified atom stereocenters. The highest BCUT2D eigenvalue weighted by Gasteiger charge is 2.50. The van der Waals surface area contributed by atoms with E-state index in [4.69, 9.17) is 17.3 Å². The topological polar surface area (TPSA) is 46.2 Å². The van der Waals surface area contributed by atoms with Gasteiger partial charge in [0, 0.05) is 27.6 Å². The van der Waals surface area contributed by atoms with Crippen LogP contribution < -0.4 is 5.73 Å². The number of phenolic OH excluding ortho intramolecular Hbond substituents is 1. The highest BCUT2D eigenvalue weighted by Crippen LogP contribution is 2.55. The summed E-state index contributed by atoms with van der Waals surface area (Å²) in [6, 6.07) is 1.99. The molecule has 3 N–H and O–H groups in total. The van der Waals surface area contributed by atoms with Crippen molar-refractivity contribution in [3.8, 4) is 5.75 Å². The van der Waals surface area contributed by atoms with Crippen molar-refractivity contribution in [2.75, 3.05) is 0 Å². The lowest BCUT2D eigenvalue weighted by atomic mass is 9.84. The Bertz CT molecular complexity index is 436. The normalized spacial score (nSPS) is 19.6. The maximum atomic E-state index is 10.2. The largest absolute Gasteiger partial charge is 0.507 e. The Kier molecular flexibility index (Phi) is 2.67. The second-order valence-corrected chi connectivity index (χ2v) is 5.38. The van der Waals surface area contributed by atoms with Crippen molar-refractivity contribution in [2.45, 2.75) is 45.1 Å². The van der Waals surface area contributed by atoms with Crippen LogP contribution >= 0.6 is 11.6 Å². The molecule has 1 fully saturated rings. The van der Waals surface area contributed by atoms with Gasteiger partial charge in [-0.1, -0.05) is 11.6 Å². The summed E-state index contributed by atoms with van der Waals surface area (Å²) >= 11 is 6.05. The zero-order chi connectivity index (χ0) is 12.1. The van der Waals surface area contributed by atoms with E-state index < -0.39 is 0 Å². The van der Waals surface area contributed by atoms with E-state index in [1.807, 2.05) is 26.8 Å². The number of phenols is 1. The number of nitrogens with two attached hydrogens (primary N) is 1. The smallest absolute Gasteiger partial charge is 0.124 e. The maximum absolute atomic E-state index is 10.2. The van der Waals surface area contributed by atoms with Crippen LogP contribution in [0.15, 0.2) is 6.07 Å². The molecule has 2 rings (SSSR count). The molecule has 1 saturated carbocycles. The fourth-order valence-corrected chi connectivity index (χ4v) is 2.81. The zero-order valence-corrected chi connectivity index (χ0v) is 10.7. The molecule has 1 aliphatic rings. The van der Waals surface area contributed by atoms with E-state index in [0.29, 0.717) is 10.8 Å². The molecule has 1 aromatic rings. The number of benzene rings is 1. The standard InChI is InChI=1S/C13H18ClNO/c1-7-6-10(14)8(2)12(16)11(7)13(4-5-13)9(3)15/h6,9,16H,4-5,15H2,1-3H3. The predicted molar refractivity (Wildman–Crippen MR) is 67.2 cm³/mol. The Labute approximate surface area is 101 Å². The van der Waals surface area contributed by atoms with Crippen LogP contribution in [0.2, 0.25) is 5.02 Å².